The highest BCUT2D eigenvalue weighted by Crippen LogP contribution is 2.05. The first-order valence-corrected chi connectivity index (χ1v) is 4.63. The van der Waals surface area contributed by atoms with Gasteiger partial charge in [0.05, 0.1) is 0 Å². The van der Waals surface area contributed by atoms with Crippen molar-refractivity contribution in [3.05, 3.63) is 35.4 Å². The molecule has 0 fully saturated rings. The van der Waals surface area contributed by atoms with Gasteiger partial charge in [-0.05, 0) is 18.9 Å². The Morgan fingerprint density at radius 1 is 1.31 bits per heavy atom. The van der Waals surface area contributed by atoms with E-state index in [2.05, 4.69) is 31.2 Å². The van der Waals surface area contributed by atoms with Crippen LogP contribution in [-0.4, -0.2) is 11.9 Å². The Morgan fingerprint density at radius 2 is 1.85 bits per heavy atom. The van der Waals surface area contributed by atoms with E-state index in [0.29, 0.717) is 5.88 Å². The summed E-state index contributed by atoms with van der Waals surface area (Å²) in [5.74, 6) is 0.522. The third-order valence-electron chi connectivity index (χ3n) is 1.82. The van der Waals surface area contributed by atoms with Crippen molar-refractivity contribution in [3.8, 4) is 0 Å². The fourth-order valence-electron chi connectivity index (χ4n) is 1.08. The summed E-state index contributed by atoms with van der Waals surface area (Å²) in [7, 11) is 0. The summed E-state index contributed by atoms with van der Waals surface area (Å²) in [5, 5.41) is 0. The monoisotopic (exact) mass is 219 g/mol. The Labute approximate surface area is 90.7 Å². The topological polar surface area (TPSA) is 26.0 Å². The lowest BCUT2D eigenvalue weighted by molar-refractivity contribution is 0.745. The van der Waals surface area contributed by atoms with Crippen LogP contribution in [0.1, 0.15) is 11.1 Å². The molecule has 0 aliphatic carbocycles. The van der Waals surface area contributed by atoms with E-state index < -0.39 is 0 Å². The zero-order valence-corrected chi connectivity index (χ0v) is 9.24. The van der Waals surface area contributed by atoms with Crippen molar-refractivity contribution in [2.24, 2.45) is 5.73 Å². The van der Waals surface area contributed by atoms with E-state index in [1.165, 1.54) is 11.1 Å². The molecular formula is C10H15Cl2N. The van der Waals surface area contributed by atoms with E-state index in [0.717, 1.165) is 6.42 Å². The highest BCUT2D eigenvalue weighted by molar-refractivity contribution is 6.18. The third kappa shape index (κ3) is 4.51. The maximum atomic E-state index is 5.71. The number of benzene rings is 1. The van der Waals surface area contributed by atoms with Crippen LogP contribution in [-0.2, 0) is 6.42 Å². The minimum absolute atomic E-state index is 0. The molecule has 0 saturated carbocycles. The molecule has 0 aliphatic rings. The van der Waals surface area contributed by atoms with Gasteiger partial charge in [-0.25, -0.2) is 0 Å². The maximum absolute atomic E-state index is 5.71. The molecule has 0 heterocycles. The normalized spacial score (nSPS) is 11.9. The molecule has 1 aromatic carbocycles. The molecule has 1 atom stereocenters. The molecule has 0 radical (unpaired) electrons. The fourth-order valence-corrected chi connectivity index (χ4v) is 1.19. The van der Waals surface area contributed by atoms with Crippen molar-refractivity contribution < 1.29 is 0 Å². The second-order valence-corrected chi connectivity index (χ2v) is 3.41. The van der Waals surface area contributed by atoms with E-state index in [1.54, 1.807) is 0 Å². The summed E-state index contributed by atoms with van der Waals surface area (Å²) in [6.07, 6.45) is 0.865. The second-order valence-electron chi connectivity index (χ2n) is 3.10. The molecule has 0 amide bonds. The van der Waals surface area contributed by atoms with E-state index in [9.17, 15) is 0 Å². The smallest absolute Gasteiger partial charge is 0.0378 e. The number of hydrogen-bond donors (Lipinski definition) is 1. The van der Waals surface area contributed by atoms with Gasteiger partial charge in [-0.15, -0.1) is 24.0 Å². The molecule has 74 valence electrons. The quantitative estimate of drug-likeness (QED) is 0.778. The van der Waals surface area contributed by atoms with Crippen molar-refractivity contribution in [1.82, 2.24) is 0 Å². The third-order valence-corrected chi connectivity index (χ3v) is 2.21. The average molecular weight is 220 g/mol. The second kappa shape index (κ2) is 6.25. The zero-order chi connectivity index (χ0) is 8.97. The Bertz CT molecular complexity index is 233. The fraction of sp³-hybridized carbons (Fsp3) is 0.400. The standard InChI is InChI=1S/C10H14ClN.ClH/c1-8-2-4-9(5-3-8)6-10(12)7-11;/h2-5,10H,6-7,12H2,1H3;1H. The number of nitrogens with two attached hydrogens (primary N) is 1. The first-order chi connectivity index (χ1) is 5.72. The number of rotatable bonds is 3. The van der Waals surface area contributed by atoms with Crippen LogP contribution in [0.5, 0.6) is 0 Å². The molecule has 1 unspecified atom stereocenters. The summed E-state index contributed by atoms with van der Waals surface area (Å²) in [6, 6.07) is 8.46. The molecule has 0 aliphatic heterocycles. The van der Waals surface area contributed by atoms with Crippen LogP contribution < -0.4 is 5.73 Å². The molecular weight excluding hydrogens is 205 g/mol. The Hall–Kier alpha value is -0.240. The zero-order valence-electron chi connectivity index (χ0n) is 7.66. The number of halogens is 2. The summed E-state index contributed by atoms with van der Waals surface area (Å²) in [4.78, 5) is 0. The van der Waals surface area contributed by atoms with Gasteiger partial charge in [0, 0.05) is 11.9 Å². The van der Waals surface area contributed by atoms with Crippen LogP contribution in [0.25, 0.3) is 0 Å². The van der Waals surface area contributed by atoms with Crippen LogP contribution in [0.4, 0.5) is 0 Å². The predicted molar refractivity (Wildman–Crippen MR) is 60.8 cm³/mol. The molecule has 3 heteroatoms. The molecule has 1 rings (SSSR count). The van der Waals surface area contributed by atoms with Crippen LogP contribution in [0.3, 0.4) is 0 Å². The summed E-state index contributed by atoms with van der Waals surface area (Å²) >= 11 is 5.61. The van der Waals surface area contributed by atoms with Crippen molar-refractivity contribution in [2.75, 3.05) is 5.88 Å². The number of alkyl halides is 1. The van der Waals surface area contributed by atoms with E-state index >= 15 is 0 Å². The van der Waals surface area contributed by atoms with Crippen molar-refractivity contribution >= 4 is 24.0 Å². The van der Waals surface area contributed by atoms with Crippen molar-refractivity contribution in [1.29, 1.82) is 0 Å². The minimum Gasteiger partial charge on any atom is -0.326 e. The van der Waals surface area contributed by atoms with E-state index in [1.807, 2.05) is 0 Å². The Morgan fingerprint density at radius 3 is 2.31 bits per heavy atom. The van der Waals surface area contributed by atoms with Gasteiger partial charge in [0.2, 0.25) is 0 Å². The molecule has 1 aromatic rings. The van der Waals surface area contributed by atoms with E-state index in [-0.39, 0.29) is 18.4 Å². The van der Waals surface area contributed by atoms with Gasteiger partial charge in [0.25, 0.3) is 0 Å². The van der Waals surface area contributed by atoms with Crippen LogP contribution in [0.2, 0.25) is 0 Å². The average Bonchev–Trinajstić information content (AvgIpc) is 2.09. The number of hydrogen-bond acceptors (Lipinski definition) is 1. The van der Waals surface area contributed by atoms with Crippen LogP contribution in [0, 0.1) is 6.92 Å². The molecule has 0 bridgehead atoms. The molecule has 0 saturated heterocycles. The van der Waals surface area contributed by atoms with Gasteiger partial charge in [-0.2, -0.15) is 0 Å². The molecule has 0 spiro atoms. The lowest BCUT2D eigenvalue weighted by Gasteiger charge is -2.07. The van der Waals surface area contributed by atoms with Gasteiger partial charge < -0.3 is 5.73 Å². The van der Waals surface area contributed by atoms with Gasteiger partial charge in [0.1, 0.15) is 0 Å². The lowest BCUT2D eigenvalue weighted by atomic mass is 10.1. The number of aryl methyl sites for hydroxylation is 1. The van der Waals surface area contributed by atoms with Crippen LogP contribution >= 0.6 is 24.0 Å². The van der Waals surface area contributed by atoms with Gasteiger partial charge in [-0.1, -0.05) is 29.8 Å². The van der Waals surface area contributed by atoms with Gasteiger partial charge in [-0.3, -0.25) is 0 Å². The molecule has 1 nitrogen and oxygen atoms in total. The minimum atomic E-state index is 0. The first-order valence-electron chi connectivity index (χ1n) is 4.09. The van der Waals surface area contributed by atoms with Crippen molar-refractivity contribution in [2.45, 2.75) is 19.4 Å². The van der Waals surface area contributed by atoms with E-state index in [4.69, 9.17) is 17.3 Å². The predicted octanol–water partition coefficient (Wildman–Crippen LogP) is 2.53. The first kappa shape index (κ1) is 12.8. The van der Waals surface area contributed by atoms with Crippen LogP contribution in [0.15, 0.2) is 24.3 Å². The lowest BCUT2D eigenvalue weighted by Crippen LogP contribution is -2.24. The highest BCUT2D eigenvalue weighted by atomic mass is 35.5. The highest BCUT2D eigenvalue weighted by Gasteiger charge is 2.00. The summed E-state index contributed by atoms with van der Waals surface area (Å²) in [5.41, 5.74) is 8.25. The summed E-state index contributed by atoms with van der Waals surface area (Å²) < 4.78 is 0. The molecule has 0 aromatic heterocycles. The molecule has 13 heavy (non-hydrogen) atoms. The van der Waals surface area contributed by atoms with Gasteiger partial charge >= 0.3 is 0 Å². The van der Waals surface area contributed by atoms with Gasteiger partial charge in [0.15, 0.2) is 0 Å². The Kier molecular flexibility index (Phi) is 6.13. The van der Waals surface area contributed by atoms with Crippen molar-refractivity contribution in [3.63, 3.8) is 0 Å². The Balaban J connectivity index is 0.00000144. The SMILES string of the molecule is Cc1ccc(CC(N)CCl)cc1.Cl. The maximum Gasteiger partial charge on any atom is 0.0378 e. The molecule has 2 N–H and O–H groups in total. The summed E-state index contributed by atoms with van der Waals surface area (Å²) in [6.45, 7) is 2.07. The largest absolute Gasteiger partial charge is 0.326 e.